The summed E-state index contributed by atoms with van der Waals surface area (Å²) in [4.78, 5) is 10.0. The molecule has 0 bridgehead atoms. The average molecular weight is 473 g/mol. The van der Waals surface area contributed by atoms with Gasteiger partial charge in [-0.25, -0.2) is 9.97 Å². The number of hydrogen-bond donors (Lipinski definition) is 0. The van der Waals surface area contributed by atoms with Crippen molar-refractivity contribution in [2.45, 2.75) is 0 Å². The second-order valence-corrected chi connectivity index (χ2v) is 9.39. The summed E-state index contributed by atoms with van der Waals surface area (Å²) in [5.41, 5.74) is 5.16. The molecule has 0 aliphatic rings. The molecule has 0 aliphatic heterocycles. The minimum Gasteiger partial charge on any atom is -0.452 e. The van der Waals surface area contributed by atoms with Gasteiger partial charge in [-0.3, -0.25) is 0 Å². The van der Waals surface area contributed by atoms with Crippen molar-refractivity contribution in [3.63, 3.8) is 0 Å². The van der Waals surface area contributed by atoms with Crippen LogP contribution in [-0.2, 0) is 0 Å². The van der Waals surface area contributed by atoms with Crippen molar-refractivity contribution < 1.29 is 4.42 Å². The van der Waals surface area contributed by atoms with Crippen molar-refractivity contribution in [3.05, 3.63) is 121 Å². The Morgan fingerprint density at radius 2 is 1.00 bits per heavy atom. The molecule has 0 saturated carbocycles. The Balaban J connectivity index is 1.49. The Hall–Kier alpha value is -5.02. The van der Waals surface area contributed by atoms with Crippen LogP contribution in [0.1, 0.15) is 0 Å². The SMILES string of the molecule is c1ccc(-c2nc(-c3ccc4c5ccccc5c5ccccc5c4c3)c3oc4ccccc4c3n2)cc1. The van der Waals surface area contributed by atoms with Gasteiger partial charge >= 0.3 is 0 Å². The van der Waals surface area contributed by atoms with Crippen LogP contribution < -0.4 is 0 Å². The molecule has 0 radical (unpaired) electrons. The molecule has 0 N–H and O–H groups in total. The predicted octanol–water partition coefficient (Wildman–Crippen LogP) is 9.17. The van der Waals surface area contributed by atoms with Crippen molar-refractivity contribution in [1.29, 1.82) is 0 Å². The van der Waals surface area contributed by atoms with Crippen molar-refractivity contribution in [1.82, 2.24) is 9.97 Å². The van der Waals surface area contributed by atoms with Crippen molar-refractivity contribution >= 4 is 54.4 Å². The highest BCUT2D eigenvalue weighted by molar-refractivity contribution is 6.26. The maximum absolute atomic E-state index is 6.37. The maximum Gasteiger partial charge on any atom is 0.180 e. The number of hydrogen-bond acceptors (Lipinski definition) is 3. The zero-order chi connectivity index (χ0) is 24.3. The summed E-state index contributed by atoms with van der Waals surface area (Å²) in [5.74, 6) is 0.693. The van der Waals surface area contributed by atoms with Gasteiger partial charge in [0.2, 0.25) is 0 Å². The zero-order valence-electron chi connectivity index (χ0n) is 19.8. The van der Waals surface area contributed by atoms with Gasteiger partial charge in [-0.1, -0.05) is 103 Å². The fourth-order valence-electron chi connectivity index (χ4n) is 5.56. The minimum atomic E-state index is 0.693. The van der Waals surface area contributed by atoms with Crippen LogP contribution in [0.25, 0.3) is 77.0 Å². The second-order valence-electron chi connectivity index (χ2n) is 9.39. The highest BCUT2D eigenvalue weighted by atomic mass is 16.3. The summed E-state index contributed by atoms with van der Waals surface area (Å²) in [6, 6.07) is 42.1. The van der Waals surface area contributed by atoms with E-state index in [9.17, 15) is 0 Å². The van der Waals surface area contributed by atoms with Crippen LogP contribution in [0.5, 0.6) is 0 Å². The fraction of sp³-hybridized carbons (Fsp3) is 0. The van der Waals surface area contributed by atoms with Gasteiger partial charge in [0.25, 0.3) is 0 Å². The first-order valence-corrected chi connectivity index (χ1v) is 12.4. The Bertz CT molecular complexity index is 2110. The molecule has 8 aromatic rings. The molecule has 2 aromatic heterocycles. The van der Waals surface area contributed by atoms with Gasteiger partial charge in [-0.15, -0.1) is 0 Å². The molecule has 0 saturated heterocycles. The first-order valence-electron chi connectivity index (χ1n) is 12.4. The molecule has 8 rings (SSSR count). The molecule has 3 nitrogen and oxygen atoms in total. The Kier molecular flexibility index (Phi) is 4.23. The van der Waals surface area contributed by atoms with Gasteiger partial charge in [0, 0.05) is 16.5 Å². The van der Waals surface area contributed by atoms with Crippen molar-refractivity contribution in [2.24, 2.45) is 0 Å². The monoisotopic (exact) mass is 472 g/mol. The summed E-state index contributed by atoms with van der Waals surface area (Å²) in [6.07, 6.45) is 0. The lowest BCUT2D eigenvalue weighted by Gasteiger charge is -2.12. The molecule has 2 heterocycles. The highest BCUT2D eigenvalue weighted by Crippen LogP contribution is 2.39. The number of aromatic nitrogens is 2. The molecule has 0 atom stereocenters. The van der Waals surface area contributed by atoms with E-state index >= 15 is 0 Å². The summed E-state index contributed by atoms with van der Waals surface area (Å²) < 4.78 is 6.37. The lowest BCUT2D eigenvalue weighted by atomic mass is 9.93. The fourth-order valence-corrected chi connectivity index (χ4v) is 5.56. The molecule has 6 aromatic carbocycles. The topological polar surface area (TPSA) is 38.9 Å². The summed E-state index contributed by atoms with van der Waals surface area (Å²) in [7, 11) is 0. The summed E-state index contributed by atoms with van der Waals surface area (Å²) in [6.45, 7) is 0. The van der Waals surface area contributed by atoms with Gasteiger partial charge in [-0.05, 0) is 50.5 Å². The van der Waals surface area contributed by atoms with Gasteiger partial charge in [0.15, 0.2) is 11.4 Å². The zero-order valence-corrected chi connectivity index (χ0v) is 19.8. The molecule has 0 amide bonds. The van der Waals surface area contributed by atoms with Crippen LogP contribution in [0.2, 0.25) is 0 Å². The van der Waals surface area contributed by atoms with E-state index in [1.807, 2.05) is 48.5 Å². The van der Waals surface area contributed by atoms with Gasteiger partial charge in [-0.2, -0.15) is 0 Å². The quantitative estimate of drug-likeness (QED) is 0.235. The van der Waals surface area contributed by atoms with Crippen LogP contribution in [0, 0.1) is 0 Å². The van der Waals surface area contributed by atoms with Crippen LogP contribution in [-0.4, -0.2) is 9.97 Å². The molecule has 0 unspecified atom stereocenters. The lowest BCUT2D eigenvalue weighted by Crippen LogP contribution is -1.94. The first kappa shape index (κ1) is 20.2. The molecule has 0 spiro atoms. The van der Waals surface area contributed by atoms with Crippen molar-refractivity contribution in [3.8, 4) is 22.6 Å². The van der Waals surface area contributed by atoms with E-state index in [0.717, 1.165) is 33.3 Å². The number of fused-ring (bicyclic) bond motifs is 9. The van der Waals surface area contributed by atoms with E-state index in [0.29, 0.717) is 11.4 Å². The van der Waals surface area contributed by atoms with E-state index in [1.54, 1.807) is 0 Å². The summed E-state index contributed by atoms with van der Waals surface area (Å²) >= 11 is 0. The Morgan fingerprint density at radius 1 is 0.432 bits per heavy atom. The molecule has 3 heteroatoms. The van der Waals surface area contributed by atoms with E-state index in [2.05, 4.69) is 72.8 Å². The Morgan fingerprint density at radius 3 is 1.70 bits per heavy atom. The van der Waals surface area contributed by atoms with Gasteiger partial charge < -0.3 is 4.42 Å². The molecule has 0 fully saturated rings. The normalized spacial score (nSPS) is 11.8. The molecular weight excluding hydrogens is 452 g/mol. The molecule has 37 heavy (non-hydrogen) atoms. The standard InChI is InChI=1S/C34H20N2O/c1-2-10-21(11-3-1)34-35-31(33-32(36-34)28-16-8-9-17-30(28)37-33)22-18-19-27-25-14-5-4-12-23(25)24-13-6-7-15-26(24)29(27)20-22/h1-20H. The lowest BCUT2D eigenvalue weighted by molar-refractivity contribution is 0.667. The highest BCUT2D eigenvalue weighted by Gasteiger charge is 2.19. The van der Waals surface area contributed by atoms with E-state index < -0.39 is 0 Å². The van der Waals surface area contributed by atoms with E-state index in [-0.39, 0.29) is 0 Å². The van der Waals surface area contributed by atoms with Crippen LogP contribution >= 0.6 is 0 Å². The second kappa shape index (κ2) is 7.74. The molecular formula is C34H20N2O. The molecule has 172 valence electrons. The van der Waals surface area contributed by atoms with Crippen molar-refractivity contribution in [2.75, 3.05) is 0 Å². The summed E-state index contributed by atoms with van der Waals surface area (Å²) in [5, 5.41) is 8.44. The largest absolute Gasteiger partial charge is 0.452 e. The smallest absolute Gasteiger partial charge is 0.180 e. The maximum atomic E-state index is 6.37. The third kappa shape index (κ3) is 3.01. The third-order valence-electron chi connectivity index (χ3n) is 7.27. The Labute approximate surface area is 212 Å². The number of nitrogens with zero attached hydrogens (tertiary/aromatic N) is 2. The minimum absolute atomic E-state index is 0.693. The predicted molar refractivity (Wildman–Crippen MR) is 153 cm³/mol. The van der Waals surface area contributed by atoms with Crippen LogP contribution in [0.3, 0.4) is 0 Å². The van der Waals surface area contributed by atoms with E-state index in [1.165, 1.54) is 32.3 Å². The van der Waals surface area contributed by atoms with Crippen LogP contribution in [0.4, 0.5) is 0 Å². The van der Waals surface area contributed by atoms with Gasteiger partial charge in [0.1, 0.15) is 16.8 Å². The number of para-hydroxylation sites is 1. The number of rotatable bonds is 2. The molecule has 0 aliphatic carbocycles. The third-order valence-corrected chi connectivity index (χ3v) is 7.27. The number of furan rings is 1. The average Bonchev–Trinajstić information content (AvgIpc) is 3.36. The van der Waals surface area contributed by atoms with Gasteiger partial charge in [0.05, 0.1) is 0 Å². The van der Waals surface area contributed by atoms with Crippen LogP contribution in [0.15, 0.2) is 126 Å². The first-order chi connectivity index (χ1) is 18.3. The number of benzene rings is 6. The van der Waals surface area contributed by atoms with E-state index in [4.69, 9.17) is 14.4 Å².